The van der Waals surface area contributed by atoms with Gasteiger partial charge in [0.25, 0.3) is 5.91 Å². The lowest BCUT2D eigenvalue weighted by atomic mass is 10.0. The molecule has 0 bridgehead atoms. The Balaban J connectivity index is 1.47. The molecule has 1 saturated heterocycles. The molecule has 10 heteroatoms. The van der Waals surface area contributed by atoms with Gasteiger partial charge in [0.2, 0.25) is 0 Å². The second-order valence-corrected chi connectivity index (χ2v) is 8.69. The summed E-state index contributed by atoms with van der Waals surface area (Å²) in [6, 6.07) is 17.7. The number of nitrogens with zero attached hydrogens (tertiary/aromatic N) is 5. The van der Waals surface area contributed by atoms with E-state index in [0.717, 1.165) is 16.8 Å². The molecule has 2 aromatic carbocycles. The highest BCUT2D eigenvalue weighted by Crippen LogP contribution is 2.25. The lowest BCUT2D eigenvalue weighted by Gasteiger charge is -2.37. The fourth-order valence-corrected chi connectivity index (χ4v) is 4.70. The number of benzene rings is 2. The zero-order valence-corrected chi connectivity index (χ0v) is 19.7. The van der Waals surface area contributed by atoms with Crippen LogP contribution >= 0.6 is 0 Å². The van der Waals surface area contributed by atoms with Gasteiger partial charge >= 0.3 is 5.97 Å². The monoisotopic (exact) mass is 485 g/mol. The van der Waals surface area contributed by atoms with Gasteiger partial charge in [0.15, 0.2) is 11.5 Å². The summed E-state index contributed by atoms with van der Waals surface area (Å²) in [7, 11) is 0. The maximum Gasteiger partial charge on any atom is 0.343 e. The number of anilines is 2. The third-order valence-corrected chi connectivity index (χ3v) is 6.55. The first kappa shape index (κ1) is 23.3. The van der Waals surface area contributed by atoms with E-state index in [9.17, 15) is 14.7 Å². The number of carbonyl (C=O) groups excluding carboxylic acids is 1. The average Bonchev–Trinajstić information content (AvgIpc) is 3.25. The van der Waals surface area contributed by atoms with Crippen molar-refractivity contribution in [3.8, 4) is 0 Å². The SMILES string of the molecule is NCc1ccccc1N1CCN(C(=O)c2cnc3c(C(=O)O)c(N)nn3c2Cc2ccccc2)CC1. The summed E-state index contributed by atoms with van der Waals surface area (Å²) < 4.78 is 1.40. The highest BCUT2D eigenvalue weighted by molar-refractivity contribution is 6.00. The average molecular weight is 486 g/mol. The molecular formula is C26H27N7O3. The molecule has 1 amide bonds. The molecule has 4 aromatic rings. The van der Waals surface area contributed by atoms with E-state index in [1.165, 1.54) is 10.7 Å². The van der Waals surface area contributed by atoms with Gasteiger partial charge in [-0.3, -0.25) is 4.79 Å². The molecule has 1 aliphatic rings. The Bertz CT molecular complexity index is 1430. The van der Waals surface area contributed by atoms with E-state index >= 15 is 0 Å². The molecule has 0 aliphatic carbocycles. The Labute approximate surface area is 207 Å². The molecule has 0 radical (unpaired) electrons. The van der Waals surface area contributed by atoms with E-state index in [0.29, 0.717) is 50.4 Å². The van der Waals surface area contributed by atoms with Crippen LogP contribution in [0.5, 0.6) is 0 Å². The van der Waals surface area contributed by atoms with Crippen LogP contribution in [0.3, 0.4) is 0 Å². The fraction of sp³-hybridized carbons (Fsp3) is 0.231. The first-order valence-electron chi connectivity index (χ1n) is 11.7. The molecule has 0 atom stereocenters. The van der Waals surface area contributed by atoms with Crippen molar-refractivity contribution in [3.05, 3.63) is 88.7 Å². The molecule has 2 aromatic heterocycles. The molecule has 0 spiro atoms. The van der Waals surface area contributed by atoms with Gasteiger partial charge in [0.05, 0.1) is 11.3 Å². The molecule has 1 aliphatic heterocycles. The van der Waals surface area contributed by atoms with Crippen molar-refractivity contribution < 1.29 is 14.7 Å². The van der Waals surface area contributed by atoms with Crippen LogP contribution in [0.15, 0.2) is 60.8 Å². The summed E-state index contributed by atoms with van der Waals surface area (Å²) in [6.45, 7) is 2.86. The molecule has 0 unspecified atom stereocenters. The molecule has 3 heterocycles. The maximum atomic E-state index is 13.7. The summed E-state index contributed by atoms with van der Waals surface area (Å²) in [5, 5.41) is 13.9. The van der Waals surface area contributed by atoms with Gasteiger partial charge < -0.3 is 26.4 Å². The molecule has 10 nitrogen and oxygen atoms in total. The number of amides is 1. The molecular weight excluding hydrogens is 458 g/mol. The Morgan fingerprint density at radius 3 is 2.36 bits per heavy atom. The van der Waals surface area contributed by atoms with Crippen LogP contribution in [0.2, 0.25) is 0 Å². The van der Waals surface area contributed by atoms with E-state index in [1.807, 2.05) is 48.5 Å². The number of hydrogen-bond acceptors (Lipinski definition) is 7. The number of aromatic carboxylic acids is 1. The van der Waals surface area contributed by atoms with Crippen molar-refractivity contribution in [2.24, 2.45) is 5.73 Å². The van der Waals surface area contributed by atoms with Crippen molar-refractivity contribution in [3.63, 3.8) is 0 Å². The molecule has 1 fully saturated rings. The zero-order valence-electron chi connectivity index (χ0n) is 19.7. The summed E-state index contributed by atoms with van der Waals surface area (Å²) in [5.41, 5.74) is 15.8. The number of nitrogen functional groups attached to an aromatic ring is 1. The van der Waals surface area contributed by atoms with Gasteiger partial charge in [-0.05, 0) is 17.2 Å². The predicted molar refractivity (Wildman–Crippen MR) is 136 cm³/mol. The van der Waals surface area contributed by atoms with Crippen LogP contribution in [0.1, 0.15) is 37.5 Å². The number of carboxylic acids is 1. The smallest absolute Gasteiger partial charge is 0.343 e. The number of carboxylic acid groups (broad SMARTS) is 1. The van der Waals surface area contributed by atoms with Crippen LogP contribution in [-0.4, -0.2) is 62.7 Å². The minimum Gasteiger partial charge on any atom is -0.477 e. The van der Waals surface area contributed by atoms with Crippen molar-refractivity contribution in [1.82, 2.24) is 19.5 Å². The highest BCUT2D eigenvalue weighted by Gasteiger charge is 2.28. The number of piperazine rings is 1. The molecule has 5 rings (SSSR count). The summed E-state index contributed by atoms with van der Waals surface area (Å²) >= 11 is 0. The third-order valence-electron chi connectivity index (χ3n) is 6.55. The third kappa shape index (κ3) is 4.22. The van der Waals surface area contributed by atoms with Gasteiger partial charge in [-0.15, -0.1) is 5.10 Å². The summed E-state index contributed by atoms with van der Waals surface area (Å²) in [4.78, 5) is 33.8. The van der Waals surface area contributed by atoms with Gasteiger partial charge in [0.1, 0.15) is 5.56 Å². The second-order valence-electron chi connectivity index (χ2n) is 8.69. The lowest BCUT2D eigenvalue weighted by molar-refractivity contribution is 0.0698. The largest absolute Gasteiger partial charge is 0.477 e. The van der Waals surface area contributed by atoms with E-state index in [2.05, 4.69) is 21.0 Å². The van der Waals surface area contributed by atoms with Gasteiger partial charge in [-0.2, -0.15) is 0 Å². The van der Waals surface area contributed by atoms with Crippen molar-refractivity contribution in [2.45, 2.75) is 13.0 Å². The number of aromatic nitrogens is 3. The number of para-hydroxylation sites is 1. The zero-order chi connectivity index (χ0) is 25.2. The van der Waals surface area contributed by atoms with Crippen LogP contribution in [0, 0.1) is 0 Å². The highest BCUT2D eigenvalue weighted by atomic mass is 16.4. The fourth-order valence-electron chi connectivity index (χ4n) is 4.70. The lowest BCUT2D eigenvalue weighted by Crippen LogP contribution is -2.49. The van der Waals surface area contributed by atoms with Gasteiger partial charge in [-0.25, -0.2) is 14.3 Å². The van der Waals surface area contributed by atoms with Crippen LogP contribution in [0.4, 0.5) is 11.5 Å². The maximum absolute atomic E-state index is 13.7. The standard InChI is InChI=1S/C26H27N7O3/c27-15-18-8-4-5-9-20(18)31-10-12-32(13-11-31)25(34)19-16-29-24-22(26(35)36)23(28)30-33(24)21(19)14-17-6-2-1-3-7-17/h1-9,16H,10-15,27H2,(H2,28,30)(H,35,36). The minimum absolute atomic E-state index is 0.116. The Morgan fingerprint density at radius 2 is 1.67 bits per heavy atom. The Kier molecular flexibility index (Phi) is 6.26. The molecule has 0 saturated carbocycles. The Morgan fingerprint density at radius 1 is 0.972 bits per heavy atom. The van der Waals surface area contributed by atoms with Crippen LogP contribution in [0.25, 0.3) is 5.65 Å². The number of rotatable bonds is 6. The number of carbonyl (C=O) groups is 2. The van der Waals surface area contributed by atoms with Crippen molar-refractivity contribution >= 4 is 29.0 Å². The minimum atomic E-state index is -1.21. The molecule has 5 N–H and O–H groups in total. The van der Waals surface area contributed by atoms with E-state index in [1.54, 1.807) is 4.90 Å². The molecule has 184 valence electrons. The number of fused-ring (bicyclic) bond motifs is 1. The van der Waals surface area contributed by atoms with Gasteiger partial charge in [0, 0.05) is 51.0 Å². The quantitative estimate of drug-likeness (QED) is 0.376. The van der Waals surface area contributed by atoms with E-state index < -0.39 is 5.97 Å². The van der Waals surface area contributed by atoms with Crippen LogP contribution in [-0.2, 0) is 13.0 Å². The number of nitrogens with two attached hydrogens (primary N) is 2. The summed E-state index contributed by atoms with van der Waals surface area (Å²) in [5.74, 6) is -1.53. The van der Waals surface area contributed by atoms with E-state index in [4.69, 9.17) is 11.5 Å². The first-order valence-corrected chi connectivity index (χ1v) is 11.7. The predicted octanol–water partition coefficient (Wildman–Crippen LogP) is 2.02. The van der Waals surface area contributed by atoms with Gasteiger partial charge in [-0.1, -0.05) is 48.5 Å². The number of hydrogen-bond donors (Lipinski definition) is 3. The summed E-state index contributed by atoms with van der Waals surface area (Å²) in [6.07, 6.45) is 1.81. The van der Waals surface area contributed by atoms with E-state index in [-0.39, 0.29) is 22.9 Å². The first-order chi connectivity index (χ1) is 17.5. The topological polar surface area (TPSA) is 143 Å². The van der Waals surface area contributed by atoms with Crippen LogP contribution < -0.4 is 16.4 Å². The van der Waals surface area contributed by atoms with Crippen molar-refractivity contribution in [2.75, 3.05) is 36.8 Å². The Hall–Kier alpha value is -4.44. The normalized spacial score (nSPS) is 13.8. The molecule has 36 heavy (non-hydrogen) atoms. The second kappa shape index (κ2) is 9.67. The van der Waals surface area contributed by atoms with Crippen molar-refractivity contribution in [1.29, 1.82) is 0 Å².